The highest BCUT2D eigenvalue weighted by Crippen LogP contribution is 2.54. The van der Waals surface area contributed by atoms with Gasteiger partial charge in [0.2, 0.25) is 0 Å². The maximum Gasteiger partial charge on any atom is 0.311 e. The maximum absolute atomic E-state index is 12.8. The molecule has 1 saturated heterocycles. The van der Waals surface area contributed by atoms with E-state index < -0.39 is 0 Å². The fraction of sp³-hybridized carbons (Fsp3) is 0.625. The van der Waals surface area contributed by atoms with E-state index in [1.807, 2.05) is 18.2 Å². The minimum Gasteiger partial charge on any atom is -0.461 e. The first-order valence-electron chi connectivity index (χ1n) is 10.8. The van der Waals surface area contributed by atoms with E-state index in [0.717, 1.165) is 13.0 Å². The smallest absolute Gasteiger partial charge is 0.311 e. The number of nitrogens with zero attached hydrogens (tertiary/aromatic N) is 1. The van der Waals surface area contributed by atoms with E-state index in [-0.39, 0.29) is 35.9 Å². The Morgan fingerprint density at radius 3 is 2.82 bits per heavy atom. The molecule has 2 fully saturated rings. The summed E-state index contributed by atoms with van der Waals surface area (Å²) in [5.74, 6) is 0.589. The van der Waals surface area contributed by atoms with Crippen LogP contribution in [0.1, 0.15) is 45.1 Å². The first kappa shape index (κ1) is 19.7. The number of aliphatic hydroxyl groups excluding tert-OH is 1. The van der Waals surface area contributed by atoms with Crippen LogP contribution >= 0.6 is 0 Å². The van der Waals surface area contributed by atoms with Crippen LogP contribution in [0, 0.1) is 23.2 Å². The van der Waals surface area contributed by atoms with Gasteiger partial charge in [0.25, 0.3) is 0 Å². The molecule has 1 aromatic rings. The Balaban J connectivity index is 1.54. The lowest BCUT2D eigenvalue weighted by molar-refractivity contribution is -0.145. The van der Waals surface area contributed by atoms with Gasteiger partial charge in [0.15, 0.2) is 0 Å². The number of aliphatic hydroxyl groups is 1. The van der Waals surface area contributed by atoms with Crippen molar-refractivity contribution in [2.45, 2.75) is 52.2 Å². The van der Waals surface area contributed by atoms with Crippen molar-refractivity contribution in [2.24, 2.45) is 23.2 Å². The van der Waals surface area contributed by atoms with Crippen LogP contribution < -0.4 is 0 Å². The molecule has 0 unspecified atom stereocenters. The number of ether oxygens (including phenoxy) is 1. The third kappa shape index (κ3) is 3.77. The SMILES string of the molecule is C[C@@H]1CCC[C@@]2(C)C[C@H]3OC(=O)[C@@H](CN(CCO)Cc4ccccc4)[C@@H]3C=C12. The van der Waals surface area contributed by atoms with E-state index in [4.69, 9.17) is 4.74 Å². The van der Waals surface area contributed by atoms with Gasteiger partial charge in [-0.3, -0.25) is 9.69 Å². The van der Waals surface area contributed by atoms with Crippen LogP contribution in [0.4, 0.5) is 0 Å². The molecular formula is C24H33NO3. The summed E-state index contributed by atoms with van der Waals surface area (Å²) >= 11 is 0. The van der Waals surface area contributed by atoms with Crippen LogP contribution in [0.2, 0.25) is 0 Å². The Bertz CT molecular complexity index is 731. The molecule has 0 bridgehead atoms. The van der Waals surface area contributed by atoms with Crippen molar-refractivity contribution in [1.29, 1.82) is 0 Å². The van der Waals surface area contributed by atoms with Crippen molar-refractivity contribution in [3.05, 3.63) is 47.5 Å². The standard InChI is InChI=1S/C24H33NO3/c1-17-7-6-10-24(2)14-22-19(13-21(17)24)20(23(27)28-22)16-25(11-12-26)15-18-8-4-3-5-9-18/h3-5,8-9,13,17,19-20,22,26H,6-7,10-12,14-16H2,1-2H3/t17-,19+,20+,22-,24+/m1/s1. The summed E-state index contributed by atoms with van der Waals surface area (Å²) < 4.78 is 5.88. The zero-order chi connectivity index (χ0) is 19.7. The average Bonchev–Trinajstić information content (AvgIpc) is 2.95. The van der Waals surface area contributed by atoms with Crippen LogP contribution in [0.5, 0.6) is 0 Å². The average molecular weight is 384 g/mol. The summed E-state index contributed by atoms with van der Waals surface area (Å²) in [4.78, 5) is 15.0. The van der Waals surface area contributed by atoms with Gasteiger partial charge in [-0.2, -0.15) is 0 Å². The number of esters is 1. The van der Waals surface area contributed by atoms with Gasteiger partial charge in [0, 0.05) is 25.6 Å². The number of fused-ring (bicyclic) bond motifs is 2. The molecule has 0 radical (unpaired) electrons. The van der Waals surface area contributed by atoms with Gasteiger partial charge in [-0.1, -0.05) is 62.2 Å². The van der Waals surface area contributed by atoms with E-state index in [2.05, 4.69) is 37.0 Å². The molecule has 1 N–H and O–H groups in total. The molecule has 0 aromatic heterocycles. The summed E-state index contributed by atoms with van der Waals surface area (Å²) in [7, 11) is 0. The minimum absolute atomic E-state index is 0.0178. The molecule has 2 aliphatic carbocycles. The van der Waals surface area contributed by atoms with Gasteiger partial charge in [0.05, 0.1) is 12.5 Å². The van der Waals surface area contributed by atoms with Gasteiger partial charge < -0.3 is 9.84 Å². The molecular weight excluding hydrogens is 350 g/mol. The fourth-order valence-corrected chi connectivity index (χ4v) is 5.75. The lowest BCUT2D eigenvalue weighted by atomic mass is 9.59. The zero-order valence-corrected chi connectivity index (χ0v) is 17.1. The van der Waals surface area contributed by atoms with Gasteiger partial charge in [0.1, 0.15) is 6.10 Å². The fourth-order valence-electron chi connectivity index (χ4n) is 5.75. The number of hydrogen-bond donors (Lipinski definition) is 1. The first-order valence-corrected chi connectivity index (χ1v) is 10.8. The third-order valence-corrected chi connectivity index (χ3v) is 7.20. The summed E-state index contributed by atoms with van der Waals surface area (Å²) in [5, 5.41) is 9.54. The lowest BCUT2D eigenvalue weighted by Gasteiger charge is -2.46. The van der Waals surface area contributed by atoms with Gasteiger partial charge in [-0.15, -0.1) is 0 Å². The van der Waals surface area contributed by atoms with Crippen LogP contribution in [-0.4, -0.2) is 41.8 Å². The summed E-state index contributed by atoms with van der Waals surface area (Å²) in [6, 6.07) is 10.3. The quantitative estimate of drug-likeness (QED) is 0.600. The number of carbonyl (C=O) groups is 1. The highest BCUT2D eigenvalue weighted by Gasteiger charge is 2.51. The monoisotopic (exact) mass is 383 g/mol. The van der Waals surface area contributed by atoms with Gasteiger partial charge in [-0.25, -0.2) is 0 Å². The van der Waals surface area contributed by atoms with Crippen LogP contribution in [0.3, 0.4) is 0 Å². The van der Waals surface area contributed by atoms with Crippen molar-refractivity contribution < 1.29 is 14.6 Å². The van der Waals surface area contributed by atoms with Gasteiger partial charge >= 0.3 is 5.97 Å². The van der Waals surface area contributed by atoms with Crippen molar-refractivity contribution in [3.63, 3.8) is 0 Å². The Morgan fingerprint density at radius 1 is 1.29 bits per heavy atom. The molecule has 152 valence electrons. The molecule has 0 spiro atoms. The molecule has 5 atom stereocenters. The summed E-state index contributed by atoms with van der Waals surface area (Å²) in [6.45, 7) is 6.75. The number of rotatable bonds is 6. The molecule has 4 heteroatoms. The highest BCUT2D eigenvalue weighted by molar-refractivity contribution is 5.76. The molecule has 1 aliphatic heterocycles. The largest absolute Gasteiger partial charge is 0.461 e. The predicted octanol–water partition coefficient (Wildman–Crippen LogP) is 3.80. The molecule has 28 heavy (non-hydrogen) atoms. The second-order valence-electron chi connectivity index (χ2n) is 9.28. The molecule has 4 nitrogen and oxygen atoms in total. The van der Waals surface area contributed by atoms with E-state index >= 15 is 0 Å². The number of benzene rings is 1. The van der Waals surface area contributed by atoms with Crippen LogP contribution in [-0.2, 0) is 16.1 Å². The Kier molecular flexibility index (Phi) is 5.62. The minimum atomic E-state index is -0.133. The Labute approximate surface area is 168 Å². The highest BCUT2D eigenvalue weighted by atomic mass is 16.6. The maximum atomic E-state index is 12.8. The van der Waals surface area contributed by atoms with Crippen molar-refractivity contribution >= 4 is 5.97 Å². The summed E-state index contributed by atoms with van der Waals surface area (Å²) in [6.07, 6.45) is 7.12. The Morgan fingerprint density at radius 2 is 2.07 bits per heavy atom. The normalized spacial score (nSPS) is 34.6. The zero-order valence-electron chi connectivity index (χ0n) is 17.1. The molecule has 1 aromatic carbocycles. The molecule has 3 aliphatic rings. The van der Waals surface area contributed by atoms with Crippen molar-refractivity contribution in [3.8, 4) is 0 Å². The van der Waals surface area contributed by atoms with Gasteiger partial charge in [-0.05, 0) is 36.2 Å². The third-order valence-electron chi connectivity index (χ3n) is 7.20. The van der Waals surface area contributed by atoms with Crippen LogP contribution in [0.25, 0.3) is 0 Å². The summed E-state index contributed by atoms with van der Waals surface area (Å²) in [5.41, 5.74) is 2.96. The number of allylic oxidation sites excluding steroid dienone is 1. The lowest BCUT2D eigenvalue weighted by Crippen LogP contribution is -2.41. The van der Waals surface area contributed by atoms with E-state index in [9.17, 15) is 9.90 Å². The topological polar surface area (TPSA) is 49.8 Å². The molecule has 4 rings (SSSR count). The first-order chi connectivity index (χ1) is 13.5. The van der Waals surface area contributed by atoms with E-state index in [1.54, 1.807) is 5.57 Å². The second-order valence-corrected chi connectivity index (χ2v) is 9.28. The predicted molar refractivity (Wildman–Crippen MR) is 109 cm³/mol. The molecule has 1 heterocycles. The van der Waals surface area contributed by atoms with E-state index in [0.29, 0.717) is 19.0 Å². The van der Waals surface area contributed by atoms with Crippen molar-refractivity contribution in [2.75, 3.05) is 19.7 Å². The molecule has 0 amide bonds. The second kappa shape index (κ2) is 8.00. The number of carbonyl (C=O) groups excluding carboxylic acids is 1. The van der Waals surface area contributed by atoms with Crippen LogP contribution in [0.15, 0.2) is 42.0 Å². The van der Waals surface area contributed by atoms with E-state index in [1.165, 1.54) is 24.8 Å². The molecule has 1 saturated carbocycles. The Hall–Kier alpha value is -1.65. The van der Waals surface area contributed by atoms with Crippen molar-refractivity contribution in [1.82, 2.24) is 4.90 Å². The number of hydrogen-bond acceptors (Lipinski definition) is 4.